The lowest BCUT2D eigenvalue weighted by molar-refractivity contribution is -0.121. The van der Waals surface area contributed by atoms with Gasteiger partial charge in [-0.1, -0.05) is 30.7 Å². The van der Waals surface area contributed by atoms with Crippen molar-refractivity contribution in [1.82, 2.24) is 14.9 Å². The fraction of sp³-hybridized carbons (Fsp3) is 0.407. The summed E-state index contributed by atoms with van der Waals surface area (Å²) in [5, 5.41) is 0.685. The zero-order valence-electron chi connectivity index (χ0n) is 20.6. The van der Waals surface area contributed by atoms with Crippen molar-refractivity contribution in [2.24, 2.45) is 16.6 Å². The molecule has 0 radical (unpaired) electrons. The number of morpholine rings is 1. The minimum atomic E-state index is -0.549. The third kappa shape index (κ3) is 8.10. The van der Waals surface area contributed by atoms with Gasteiger partial charge in [0.05, 0.1) is 31.6 Å². The van der Waals surface area contributed by atoms with Crippen LogP contribution in [0.5, 0.6) is 0 Å². The Balaban J connectivity index is 0.000000342. The van der Waals surface area contributed by atoms with E-state index in [0.717, 1.165) is 32.3 Å². The molecule has 2 unspecified atom stereocenters. The predicted molar refractivity (Wildman–Crippen MR) is 142 cm³/mol. The van der Waals surface area contributed by atoms with Crippen molar-refractivity contribution in [3.05, 3.63) is 58.9 Å². The number of rotatable bonds is 4. The summed E-state index contributed by atoms with van der Waals surface area (Å²) in [7, 11) is 0. The molecule has 5 rings (SSSR count). The quantitative estimate of drug-likeness (QED) is 0.475. The Morgan fingerprint density at radius 3 is 2.65 bits per heavy atom. The van der Waals surface area contributed by atoms with Crippen molar-refractivity contribution in [2.45, 2.75) is 37.5 Å². The van der Waals surface area contributed by atoms with E-state index in [4.69, 9.17) is 10.5 Å². The zero-order valence-corrected chi connectivity index (χ0v) is 21.4. The zero-order chi connectivity index (χ0) is 26.2. The third-order valence-electron chi connectivity index (χ3n) is 5.91. The van der Waals surface area contributed by atoms with E-state index >= 15 is 0 Å². The highest BCUT2D eigenvalue weighted by molar-refractivity contribution is 8.14. The molecule has 2 fully saturated rings. The molecule has 1 amide bonds. The van der Waals surface area contributed by atoms with E-state index in [2.05, 4.69) is 26.8 Å². The standard InChI is InChI=1S/C22H20F2N4S.C5H9NO2/c1-13-8-20(28-22(25)29-13)17-9-15(5-7-18(17)23)10-19(24)21-12-26-16(11-27-21)6-4-14-2-3-14;7-5-6-1-3-8-4-2-6/h5,7,9-14,20H,2-3,8H2,1H3,(H2,25,28);5H,1-4H2/b19-10-;. The lowest BCUT2D eigenvalue weighted by Crippen LogP contribution is -2.34. The third-order valence-corrected chi connectivity index (χ3v) is 6.85. The Kier molecular flexibility index (Phi) is 9.25. The molecule has 1 saturated heterocycles. The second-order valence-electron chi connectivity index (χ2n) is 9.00. The molecular formula is C27H29F2N5O2S. The highest BCUT2D eigenvalue weighted by atomic mass is 32.2. The second-order valence-corrected chi connectivity index (χ2v) is 10.5. The van der Waals surface area contributed by atoms with E-state index in [1.165, 1.54) is 42.4 Å². The lowest BCUT2D eigenvalue weighted by atomic mass is 9.99. The van der Waals surface area contributed by atoms with Crippen LogP contribution in [0.25, 0.3) is 11.9 Å². The van der Waals surface area contributed by atoms with E-state index < -0.39 is 5.83 Å². The smallest absolute Gasteiger partial charge is 0.209 e. The number of halogens is 2. The van der Waals surface area contributed by atoms with Gasteiger partial charge in [0, 0.05) is 29.8 Å². The Morgan fingerprint density at radius 2 is 2.03 bits per heavy atom. The first kappa shape index (κ1) is 26.8. The summed E-state index contributed by atoms with van der Waals surface area (Å²) < 4.78 is 34.0. The van der Waals surface area contributed by atoms with Gasteiger partial charge in [-0.3, -0.25) is 9.79 Å². The van der Waals surface area contributed by atoms with Crippen LogP contribution in [0.4, 0.5) is 8.78 Å². The van der Waals surface area contributed by atoms with Crippen LogP contribution in [0.3, 0.4) is 0 Å². The molecule has 1 aromatic heterocycles. The van der Waals surface area contributed by atoms with E-state index in [-0.39, 0.29) is 22.8 Å². The SMILES string of the molecule is CC1CC(c2cc(/C=C(\F)c3cnc(C#CC4CC4)cn3)ccc2F)N=C(N)S1.O=CN1CCOCC1. The van der Waals surface area contributed by atoms with Crippen LogP contribution in [-0.2, 0) is 9.53 Å². The first-order valence-corrected chi connectivity index (χ1v) is 13.1. The number of nitrogens with zero attached hydrogens (tertiary/aromatic N) is 4. The van der Waals surface area contributed by atoms with Gasteiger partial charge in [0.15, 0.2) is 11.0 Å². The number of thioether (sulfide) groups is 1. The molecule has 3 heterocycles. The van der Waals surface area contributed by atoms with Crippen molar-refractivity contribution in [3.8, 4) is 11.8 Å². The van der Waals surface area contributed by atoms with Crippen molar-refractivity contribution in [3.63, 3.8) is 0 Å². The molecule has 37 heavy (non-hydrogen) atoms. The number of nitrogens with two attached hydrogens (primary N) is 1. The van der Waals surface area contributed by atoms with E-state index in [0.29, 0.717) is 47.5 Å². The molecule has 1 aromatic carbocycles. The largest absolute Gasteiger partial charge is 0.379 e. The fourth-order valence-electron chi connectivity index (χ4n) is 3.73. The van der Waals surface area contributed by atoms with Gasteiger partial charge in [-0.05, 0) is 49.0 Å². The summed E-state index contributed by atoms with van der Waals surface area (Å²) >= 11 is 1.48. The normalized spacial score (nSPS) is 21.6. The molecule has 2 N–H and O–H groups in total. The first-order chi connectivity index (χ1) is 17.9. The summed E-state index contributed by atoms with van der Waals surface area (Å²) in [4.78, 5) is 24.3. The van der Waals surface area contributed by atoms with Gasteiger partial charge in [-0.2, -0.15) is 0 Å². The van der Waals surface area contributed by atoms with Crippen LogP contribution in [0.1, 0.15) is 54.7 Å². The number of benzene rings is 1. The second kappa shape index (κ2) is 12.8. The number of aliphatic imine (C=N–C) groups is 1. The van der Waals surface area contributed by atoms with E-state index in [1.807, 2.05) is 6.92 Å². The number of hydrogen-bond acceptors (Lipinski definition) is 7. The van der Waals surface area contributed by atoms with Crippen LogP contribution in [0.2, 0.25) is 0 Å². The van der Waals surface area contributed by atoms with E-state index in [9.17, 15) is 13.6 Å². The Bertz CT molecular complexity index is 1220. The Labute approximate surface area is 219 Å². The molecular weight excluding hydrogens is 496 g/mol. The number of hydrogen-bond donors (Lipinski definition) is 1. The fourth-order valence-corrected chi connectivity index (χ4v) is 4.61. The number of aromatic nitrogens is 2. The van der Waals surface area contributed by atoms with E-state index in [1.54, 1.807) is 11.0 Å². The maximum atomic E-state index is 14.7. The van der Waals surface area contributed by atoms with Gasteiger partial charge >= 0.3 is 0 Å². The van der Waals surface area contributed by atoms with Crippen molar-refractivity contribution < 1.29 is 18.3 Å². The maximum absolute atomic E-state index is 14.7. The van der Waals surface area contributed by atoms with Gasteiger partial charge < -0.3 is 15.4 Å². The van der Waals surface area contributed by atoms with Crippen molar-refractivity contribution in [1.29, 1.82) is 0 Å². The van der Waals surface area contributed by atoms with Crippen molar-refractivity contribution in [2.75, 3.05) is 26.3 Å². The van der Waals surface area contributed by atoms with Crippen LogP contribution < -0.4 is 5.73 Å². The van der Waals surface area contributed by atoms with Crippen LogP contribution in [0.15, 0.2) is 35.6 Å². The molecule has 0 spiro atoms. The summed E-state index contributed by atoms with van der Waals surface area (Å²) in [6.07, 6.45) is 7.94. The average molecular weight is 526 g/mol. The minimum absolute atomic E-state index is 0.109. The van der Waals surface area contributed by atoms with Crippen molar-refractivity contribution >= 4 is 35.2 Å². The highest BCUT2D eigenvalue weighted by Gasteiger charge is 2.24. The summed E-state index contributed by atoms with van der Waals surface area (Å²) in [5.41, 5.74) is 7.42. The van der Waals surface area contributed by atoms with Crippen LogP contribution in [0, 0.1) is 23.6 Å². The first-order valence-electron chi connectivity index (χ1n) is 12.2. The minimum Gasteiger partial charge on any atom is -0.379 e. The summed E-state index contributed by atoms with van der Waals surface area (Å²) in [6, 6.07) is 4.10. The number of amidine groups is 1. The summed E-state index contributed by atoms with van der Waals surface area (Å²) in [6.45, 7) is 4.92. The molecule has 2 aliphatic heterocycles. The monoisotopic (exact) mass is 525 g/mol. The average Bonchev–Trinajstić information content (AvgIpc) is 3.74. The number of carbonyl (C=O) groups is 1. The summed E-state index contributed by atoms with van der Waals surface area (Å²) in [5.74, 6) is 5.58. The lowest BCUT2D eigenvalue weighted by Gasteiger charge is -2.23. The van der Waals surface area contributed by atoms with Gasteiger partial charge in [0.1, 0.15) is 17.2 Å². The molecule has 10 heteroatoms. The molecule has 7 nitrogen and oxygen atoms in total. The van der Waals surface area contributed by atoms with Crippen LogP contribution in [-0.4, -0.2) is 58.0 Å². The molecule has 3 aliphatic rings. The molecule has 194 valence electrons. The molecule has 2 aromatic rings. The molecule has 0 bridgehead atoms. The van der Waals surface area contributed by atoms with Crippen LogP contribution >= 0.6 is 11.8 Å². The molecule has 1 saturated carbocycles. The maximum Gasteiger partial charge on any atom is 0.209 e. The highest BCUT2D eigenvalue weighted by Crippen LogP contribution is 2.35. The number of carbonyl (C=O) groups excluding carboxylic acids is 1. The number of amides is 1. The Morgan fingerprint density at radius 1 is 1.24 bits per heavy atom. The predicted octanol–water partition coefficient (Wildman–Crippen LogP) is 4.20. The van der Waals surface area contributed by atoms with Gasteiger partial charge in [-0.25, -0.2) is 18.7 Å². The topological polar surface area (TPSA) is 93.7 Å². The number of ether oxygens (including phenoxy) is 1. The van der Waals surface area contributed by atoms with Gasteiger partial charge in [0.2, 0.25) is 6.41 Å². The Hall–Kier alpha value is -3.29. The van der Waals surface area contributed by atoms with Gasteiger partial charge in [0.25, 0.3) is 0 Å². The molecule has 2 atom stereocenters. The van der Waals surface area contributed by atoms with Gasteiger partial charge in [-0.15, -0.1) is 0 Å². The molecule has 1 aliphatic carbocycles.